The highest BCUT2D eigenvalue weighted by molar-refractivity contribution is 6.11. The van der Waals surface area contributed by atoms with Gasteiger partial charge in [-0.05, 0) is 65.7 Å². The zero-order valence-corrected chi connectivity index (χ0v) is 25.8. The standard InChI is InChI=1S/C44H26N4/c45-27-29-21-24-38-37-16-4-7-17-40(37)47(44(38)25-29)31-23-22-30(28-46)39(26-31)33-12-2-1-11-32(33)34-13-3-8-18-41(34)48-42-19-9-5-14-35(42)36-15-6-10-20-43(36)48/h1-26H. The zero-order chi connectivity index (χ0) is 32.2. The number of fused-ring (bicyclic) bond motifs is 6. The number of benzene rings is 7. The lowest BCUT2D eigenvalue weighted by Crippen LogP contribution is -1.99. The molecule has 9 rings (SSSR count). The second-order valence-electron chi connectivity index (χ2n) is 12.0. The normalized spacial score (nSPS) is 11.3. The Bertz CT molecular complexity index is 2760. The molecular weight excluding hydrogens is 585 g/mol. The number of hydrogen-bond donors (Lipinski definition) is 0. The van der Waals surface area contributed by atoms with Crippen molar-refractivity contribution >= 4 is 43.6 Å². The maximum Gasteiger partial charge on any atom is 0.0998 e. The molecule has 9 aromatic rings. The summed E-state index contributed by atoms with van der Waals surface area (Å²) in [6, 6.07) is 58.9. The molecule has 0 radical (unpaired) electrons. The van der Waals surface area contributed by atoms with Gasteiger partial charge in [-0.25, -0.2) is 0 Å². The third kappa shape index (κ3) is 4.07. The van der Waals surface area contributed by atoms with Crippen LogP contribution in [0.5, 0.6) is 0 Å². The third-order valence-corrected chi connectivity index (χ3v) is 9.42. The predicted molar refractivity (Wildman–Crippen MR) is 195 cm³/mol. The van der Waals surface area contributed by atoms with Crippen molar-refractivity contribution < 1.29 is 0 Å². The maximum absolute atomic E-state index is 10.4. The van der Waals surface area contributed by atoms with Gasteiger partial charge in [0.2, 0.25) is 0 Å². The molecular formula is C44H26N4. The first-order valence-electron chi connectivity index (χ1n) is 15.9. The zero-order valence-electron chi connectivity index (χ0n) is 25.8. The van der Waals surface area contributed by atoms with Gasteiger partial charge >= 0.3 is 0 Å². The molecule has 0 fully saturated rings. The molecule has 0 N–H and O–H groups in total. The number of hydrogen-bond acceptors (Lipinski definition) is 2. The first-order valence-corrected chi connectivity index (χ1v) is 15.9. The minimum atomic E-state index is 0.596. The third-order valence-electron chi connectivity index (χ3n) is 9.42. The molecule has 7 aromatic carbocycles. The molecule has 0 atom stereocenters. The van der Waals surface area contributed by atoms with Crippen molar-refractivity contribution in [2.45, 2.75) is 0 Å². The Kier molecular flexibility index (Phi) is 6.22. The summed E-state index contributed by atoms with van der Waals surface area (Å²) in [6.45, 7) is 0. The van der Waals surface area contributed by atoms with Crippen LogP contribution in [0.15, 0.2) is 158 Å². The van der Waals surface area contributed by atoms with Gasteiger partial charge in [0, 0.05) is 38.4 Å². The van der Waals surface area contributed by atoms with Crippen molar-refractivity contribution in [2.24, 2.45) is 0 Å². The Balaban J connectivity index is 1.30. The SMILES string of the molecule is N#Cc1ccc2c3ccccc3n(-c3ccc(C#N)c(-c4ccccc4-c4ccccc4-n4c5ccccc5c5ccccc54)c3)c2c1. The number of nitrogens with zero attached hydrogens (tertiary/aromatic N) is 4. The van der Waals surface area contributed by atoms with E-state index in [-0.39, 0.29) is 0 Å². The number of nitriles is 2. The fourth-order valence-corrected chi connectivity index (χ4v) is 7.34. The van der Waals surface area contributed by atoms with Crippen molar-refractivity contribution in [3.05, 3.63) is 169 Å². The van der Waals surface area contributed by atoms with Gasteiger partial charge in [0.15, 0.2) is 0 Å². The quantitative estimate of drug-likeness (QED) is 0.199. The predicted octanol–water partition coefficient (Wildman–Crippen LogP) is 11.0. The molecule has 48 heavy (non-hydrogen) atoms. The molecule has 0 unspecified atom stereocenters. The van der Waals surface area contributed by atoms with Gasteiger partial charge in [-0.2, -0.15) is 10.5 Å². The summed E-state index contributed by atoms with van der Waals surface area (Å²) in [6.07, 6.45) is 0. The molecule has 4 nitrogen and oxygen atoms in total. The van der Waals surface area contributed by atoms with E-state index in [1.165, 1.54) is 10.8 Å². The molecule has 0 aliphatic rings. The molecule has 222 valence electrons. The molecule has 0 amide bonds. The minimum Gasteiger partial charge on any atom is -0.309 e. The fourth-order valence-electron chi connectivity index (χ4n) is 7.34. The summed E-state index contributed by atoms with van der Waals surface area (Å²) in [7, 11) is 0. The van der Waals surface area contributed by atoms with Crippen LogP contribution in [-0.4, -0.2) is 9.13 Å². The molecule has 2 heterocycles. The number of rotatable bonds is 4. The van der Waals surface area contributed by atoms with Crippen LogP contribution < -0.4 is 0 Å². The minimum absolute atomic E-state index is 0.596. The Labute approximate surface area is 277 Å². The molecule has 0 bridgehead atoms. The van der Waals surface area contributed by atoms with E-state index in [1.54, 1.807) is 0 Å². The van der Waals surface area contributed by atoms with Gasteiger partial charge in [0.1, 0.15) is 0 Å². The lowest BCUT2D eigenvalue weighted by molar-refractivity contribution is 1.18. The Morgan fingerprint density at radius 2 is 0.896 bits per heavy atom. The summed E-state index contributed by atoms with van der Waals surface area (Å²) < 4.78 is 4.55. The summed E-state index contributed by atoms with van der Waals surface area (Å²) in [5.41, 5.74) is 11.4. The highest BCUT2D eigenvalue weighted by atomic mass is 15.0. The van der Waals surface area contributed by atoms with E-state index in [1.807, 2.05) is 48.5 Å². The largest absolute Gasteiger partial charge is 0.309 e. The van der Waals surface area contributed by atoms with E-state index in [2.05, 4.69) is 130 Å². The lowest BCUT2D eigenvalue weighted by atomic mass is 9.91. The van der Waals surface area contributed by atoms with Gasteiger partial charge in [-0.1, -0.05) is 103 Å². The van der Waals surface area contributed by atoms with E-state index in [9.17, 15) is 10.5 Å². The van der Waals surface area contributed by atoms with Crippen molar-refractivity contribution in [3.8, 4) is 45.8 Å². The molecule has 4 heteroatoms. The molecule has 0 aliphatic carbocycles. The van der Waals surface area contributed by atoms with E-state index in [4.69, 9.17) is 0 Å². The first-order chi connectivity index (χ1) is 23.7. The van der Waals surface area contributed by atoms with E-state index >= 15 is 0 Å². The van der Waals surface area contributed by atoms with Crippen LogP contribution >= 0.6 is 0 Å². The summed E-state index contributed by atoms with van der Waals surface area (Å²) in [5, 5.41) is 24.8. The molecule has 0 spiro atoms. The first kappa shape index (κ1) is 27.4. The highest BCUT2D eigenvalue weighted by Gasteiger charge is 2.20. The van der Waals surface area contributed by atoms with E-state index in [0.717, 1.165) is 66.5 Å². The van der Waals surface area contributed by atoms with Crippen molar-refractivity contribution in [2.75, 3.05) is 0 Å². The Hall–Kier alpha value is -6.88. The average molecular weight is 611 g/mol. The molecule has 0 saturated heterocycles. The summed E-state index contributed by atoms with van der Waals surface area (Å²) in [4.78, 5) is 0. The van der Waals surface area contributed by atoms with Gasteiger partial charge in [-0.15, -0.1) is 0 Å². The maximum atomic E-state index is 10.4. The van der Waals surface area contributed by atoms with Crippen molar-refractivity contribution in [1.29, 1.82) is 10.5 Å². The van der Waals surface area contributed by atoms with Gasteiger partial charge in [0.05, 0.1) is 51.0 Å². The lowest BCUT2D eigenvalue weighted by Gasteiger charge is -2.18. The monoisotopic (exact) mass is 610 g/mol. The van der Waals surface area contributed by atoms with Crippen molar-refractivity contribution in [1.82, 2.24) is 9.13 Å². The fraction of sp³-hybridized carbons (Fsp3) is 0. The average Bonchev–Trinajstić information content (AvgIpc) is 3.67. The van der Waals surface area contributed by atoms with Crippen LogP contribution in [0.25, 0.3) is 77.2 Å². The second-order valence-corrected chi connectivity index (χ2v) is 12.0. The van der Waals surface area contributed by atoms with Gasteiger partial charge in [0.25, 0.3) is 0 Å². The van der Waals surface area contributed by atoms with Crippen LogP contribution in [0.1, 0.15) is 11.1 Å². The smallest absolute Gasteiger partial charge is 0.0998 e. The molecule has 0 saturated carbocycles. The highest BCUT2D eigenvalue weighted by Crippen LogP contribution is 2.41. The van der Waals surface area contributed by atoms with Crippen LogP contribution in [0.3, 0.4) is 0 Å². The van der Waals surface area contributed by atoms with E-state index < -0.39 is 0 Å². The molecule has 0 aliphatic heterocycles. The number of para-hydroxylation sites is 4. The second kappa shape index (κ2) is 10.9. The van der Waals surface area contributed by atoms with Gasteiger partial charge in [-0.3, -0.25) is 0 Å². The Morgan fingerprint density at radius 3 is 1.52 bits per heavy atom. The van der Waals surface area contributed by atoms with E-state index in [0.29, 0.717) is 11.1 Å². The number of aromatic nitrogens is 2. The van der Waals surface area contributed by atoms with Crippen LogP contribution in [0.4, 0.5) is 0 Å². The Morgan fingerprint density at radius 1 is 0.375 bits per heavy atom. The van der Waals surface area contributed by atoms with Crippen molar-refractivity contribution in [3.63, 3.8) is 0 Å². The molecule has 2 aromatic heterocycles. The summed E-state index contributed by atoms with van der Waals surface area (Å²) in [5.74, 6) is 0. The van der Waals surface area contributed by atoms with Gasteiger partial charge < -0.3 is 9.13 Å². The topological polar surface area (TPSA) is 57.4 Å². The van der Waals surface area contributed by atoms with Crippen LogP contribution in [-0.2, 0) is 0 Å². The summed E-state index contributed by atoms with van der Waals surface area (Å²) >= 11 is 0. The van der Waals surface area contributed by atoms with Crippen LogP contribution in [0.2, 0.25) is 0 Å². The van der Waals surface area contributed by atoms with Crippen LogP contribution in [0, 0.1) is 22.7 Å².